The third kappa shape index (κ3) is 3.19. The second-order valence-electron chi connectivity index (χ2n) is 6.15. The van der Waals surface area contributed by atoms with Gasteiger partial charge in [-0.15, -0.1) is 0 Å². The quantitative estimate of drug-likeness (QED) is 0.717. The lowest BCUT2D eigenvalue weighted by atomic mass is 10.1. The maximum Gasteiger partial charge on any atom is 0.254 e. The summed E-state index contributed by atoms with van der Waals surface area (Å²) < 4.78 is 7.78. The Hall–Kier alpha value is -2.18. The molecular weight excluding hydrogens is 338 g/mol. The summed E-state index contributed by atoms with van der Waals surface area (Å²) in [5.41, 5.74) is 2.06. The summed E-state index contributed by atoms with van der Waals surface area (Å²) in [6.07, 6.45) is 3.45. The second-order valence-corrected chi connectivity index (χ2v) is 6.56. The molecule has 6 nitrogen and oxygen atoms in total. The third-order valence-corrected chi connectivity index (χ3v) is 4.78. The molecule has 1 aliphatic rings. The highest BCUT2D eigenvalue weighted by Crippen LogP contribution is 2.30. The summed E-state index contributed by atoms with van der Waals surface area (Å²) in [7, 11) is 0. The average Bonchev–Trinajstić information content (AvgIpc) is 3.10. The molecule has 0 spiro atoms. The summed E-state index contributed by atoms with van der Waals surface area (Å²) >= 11 is 6.36. The number of halogens is 1. The minimum atomic E-state index is -0.0659. The van der Waals surface area contributed by atoms with Crippen LogP contribution in [0.25, 0.3) is 5.78 Å². The zero-order valence-corrected chi connectivity index (χ0v) is 14.9. The van der Waals surface area contributed by atoms with Gasteiger partial charge in [0, 0.05) is 35.4 Å². The van der Waals surface area contributed by atoms with Crippen LogP contribution < -0.4 is 4.90 Å². The molecule has 0 amide bonds. The van der Waals surface area contributed by atoms with Gasteiger partial charge in [-0.2, -0.15) is 14.6 Å². The molecule has 3 heterocycles. The molecule has 0 unspecified atom stereocenters. The molecule has 130 valence electrons. The molecule has 0 aliphatic carbocycles. The van der Waals surface area contributed by atoms with E-state index < -0.39 is 0 Å². The van der Waals surface area contributed by atoms with Gasteiger partial charge in [0.25, 0.3) is 5.78 Å². The number of aryl methyl sites for hydroxylation is 1. The molecule has 1 aliphatic heterocycles. The van der Waals surface area contributed by atoms with Crippen molar-refractivity contribution in [2.24, 2.45) is 0 Å². The van der Waals surface area contributed by atoms with E-state index in [-0.39, 0.29) is 6.10 Å². The average molecular weight is 358 g/mol. The van der Waals surface area contributed by atoms with Gasteiger partial charge >= 0.3 is 0 Å². The monoisotopic (exact) mass is 357 g/mol. The zero-order valence-electron chi connectivity index (χ0n) is 14.1. The van der Waals surface area contributed by atoms with Gasteiger partial charge < -0.3 is 9.64 Å². The number of morpholine rings is 1. The summed E-state index contributed by atoms with van der Waals surface area (Å²) in [6, 6.07) is 9.97. The highest BCUT2D eigenvalue weighted by atomic mass is 35.5. The fourth-order valence-electron chi connectivity index (χ4n) is 3.24. The SMILES string of the molecule is CCCc1cc(N2CCO[C@H](c3ccccc3Cl)C2)n2ncnc2n1. The number of nitrogens with zero attached hydrogens (tertiary/aromatic N) is 5. The number of fused-ring (bicyclic) bond motifs is 1. The molecule has 1 atom stereocenters. The van der Waals surface area contributed by atoms with Gasteiger partial charge in [-0.1, -0.05) is 43.1 Å². The molecule has 7 heteroatoms. The van der Waals surface area contributed by atoms with Crippen LogP contribution in [-0.2, 0) is 11.2 Å². The highest BCUT2D eigenvalue weighted by Gasteiger charge is 2.26. The third-order valence-electron chi connectivity index (χ3n) is 4.43. The Morgan fingerprint density at radius 2 is 2.20 bits per heavy atom. The Kier molecular flexibility index (Phi) is 4.55. The molecule has 2 aromatic heterocycles. The van der Waals surface area contributed by atoms with Gasteiger partial charge in [0.15, 0.2) is 0 Å². The molecule has 25 heavy (non-hydrogen) atoms. The summed E-state index contributed by atoms with van der Waals surface area (Å²) in [5, 5.41) is 5.08. The van der Waals surface area contributed by atoms with Crippen LogP contribution in [0.5, 0.6) is 0 Å². The van der Waals surface area contributed by atoms with Crippen LogP contribution in [0.15, 0.2) is 36.7 Å². The number of aromatic nitrogens is 4. The molecule has 1 fully saturated rings. The molecule has 0 bridgehead atoms. The van der Waals surface area contributed by atoms with E-state index in [4.69, 9.17) is 16.3 Å². The summed E-state index contributed by atoms with van der Waals surface area (Å²) in [6.45, 7) is 4.30. The van der Waals surface area contributed by atoms with E-state index >= 15 is 0 Å². The van der Waals surface area contributed by atoms with Crippen molar-refractivity contribution in [2.45, 2.75) is 25.9 Å². The number of ether oxygens (including phenoxy) is 1. The molecule has 0 radical (unpaired) electrons. The van der Waals surface area contributed by atoms with Crippen molar-refractivity contribution >= 4 is 23.2 Å². The van der Waals surface area contributed by atoms with E-state index in [1.165, 1.54) is 0 Å². The van der Waals surface area contributed by atoms with Crippen LogP contribution in [0, 0.1) is 0 Å². The zero-order chi connectivity index (χ0) is 17.2. The first-order valence-corrected chi connectivity index (χ1v) is 8.94. The van der Waals surface area contributed by atoms with Crippen LogP contribution in [0.2, 0.25) is 5.02 Å². The number of benzene rings is 1. The van der Waals surface area contributed by atoms with Crippen LogP contribution in [0.1, 0.15) is 30.7 Å². The number of rotatable bonds is 4. The lowest BCUT2D eigenvalue weighted by molar-refractivity contribution is 0.0394. The van der Waals surface area contributed by atoms with Crippen molar-refractivity contribution in [2.75, 3.05) is 24.6 Å². The Morgan fingerprint density at radius 3 is 3.04 bits per heavy atom. The maximum atomic E-state index is 6.36. The molecule has 0 N–H and O–H groups in total. The summed E-state index contributed by atoms with van der Waals surface area (Å²) in [4.78, 5) is 11.1. The number of hydrogen-bond acceptors (Lipinski definition) is 5. The van der Waals surface area contributed by atoms with Crippen LogP contribution in [0.3, 0.4) is 0 Å². The van der Waals surface area contributed by atoms with Crippen molar-refractivity contribution in [3.63, 3.8) is 0 Å². The van der Waals surface area contributed by atoms with E-state index in [1.807, 2.05) is 24.3 Å². The predicted octanol–water partition coefficient (Wildman–Crippen LogP) is 3.31. The summed E-state index contributed by atoms with van der Waals surface area (Å²) in [5.74, 6) is 1.65. The lowest BCUT2D eigenvalue weighted by Gasteiger charge is -2.35. The van der Waals surface area contributed by atoms with E-state index in [0.29, 0.717) is 18.9 Å². The van der Waals surface area contributed by atoms with E-state index in [1.54, 1.807) is 10.8 Å². The molecule has 0 saturated carbocycles. The minimum Gasteiger partial charge on any atom is -0.370 e. The van der Waals surface area contributed by atoms with Crippen molar-refractivity contribution in [3.8, 4) is 0 Å². The first kappa shape index (κ1) is 16.3. The van der Waals surface area contributed by atoms with E-state index in [0.717, 1.165) is 41.5 Å². The molecule has 3 aromatic rings. The maximum absolute atomic E-state index is 6.36. The Morgan fingerprint density at radius 1 is 1.32 bits per heavy atom. The Bertz CT molecular complexity index is 881. The predicted molar refractivity (Wildman–Crippen MR) is 97.1 cm³/mol. The first-order chi connectivity index (χ1) is 12.3. The lowest BCUT2D eigenvalue weighted by Crippen LogP contribution is -2.39. The van der Waals surface area contributed by atoms with Crippen molar-refractivity contribution < 1.29 is 4.74 Å². The van der Waals surface area contributed by atoms with E-state index in [2.05, 4.69) is 33.0 Å². The minimum absolute atomic E-state index is 0.0659. The Balaban J connectivity index is 1.68. The molecule has 1 aromatic carbocycles. The fraction of sp³-hybridized carbons (Fsp3) is 0.389. The second kappa shape index (κ2) is 6.98. The van der Waals surface area contributed by atoms with Gasteiger partial charge in [0.05, 0.1) is 6.61 Å². The number of anilines is 1. The largest absolute Gasteiger partial charge is 0.370 e. The van der Waals surface area contributed by atoms with Crippen LogP contribution in [-0.4, -0.2) is 39.3 Å². The van der Waals surface area contributed by atoms with E-state index in [9.17, 15) is 0 Å². The van der Waals surface area contributed by atoms with Crippen molar-refractivity contribution in [1.82, 2.24) is 19.6 Å². The highest BCUT2D eigenvalue weighted by molar-refractivity contribution is 6.31. The first-order valence-electron chi connectivity index (χ1n) is 8.57. The van der Waals surface area contributed by atoms with Crippen LogP contribution in [0.4, 0.5) is 5.82 Å². The van der Waals surface area contributed by atoms with Gasteiger partial charge in [-0.25, -0.2) is 4.98 Å². The van der Waals surface area contributed by atoms with Gasteiger partial charge in [0.2, 0.25) is 0 Å². The molecular formula is C18H20ClN5O. The molecule has 1 saturated heterocycles. The number of hydrogen-bond donors (Lipinski definition) is 0. The Labute approximate surface area is 151 Å². The normalized spacial score (nSPS) is 18.0. The van der Waals surface area contributed by atoms with Crippen molar-refractivity contribution in [1.29, 1.82) is 0 Å². The topological polar surface area (TPSA) is 55.6 Å². The molecule has 4 rings (SSSR count). The van der Waals surface area contributed by atoms with Crippen LogP contribution >= 0.6 is 11.6 Å². The van der Waals surface area contributed by atoms with Gasteiger partial charge in [0.1, 0.15) is 18.2 Å². The standard InChI is InChI=1S/C18H20ClN5O/c1-2-5-13-10-17(24-18(22-13)20-12-21-24)23-8-9-25-16(11-23)14-6-3-4-7-15(14)19/h3-4,6-7,10,12,16H,2,5,8-9,11H2,1H3/t16-/m0/s1. The fourth-order valence-corrected chi connectivity index (χ4v) is 3.49. The van der Waals surface area contributed by atoms with Gasteiger partial charge in [-0.05, 0) is 12.5 Å². The van der Waals surface area contributed by atoms with Gasteiger partial charge in [-0.3, -0.25) is 0 Å². The van der Waals surface area contributed by atoms with Crippen molar-refractivity contribution in [3.05, 3.63) is 52.9 Å². The smallest absolute Gasteiger partial charge is 0.254 e.